The molecule has 4 bridgehead atoms. The van der Waals surface area contributed by atoms with Crippen molar-refractivity contribution in [1.29, 1.82) is 0 Å². The third-order valence-electron chi connectivity index (χ3n) is 7.29. The molecule has 2 amide bonds. The predicted molar refractivity (Wildman–Crippen MR) is 96.3 cm³/mol. The summed E-state index contributed by atoms with van der Waals surface area (Å²) in [4.78, 5) is 15.0. The van der Waals surface area contributed by atoms with Crippen LogP contribution < -0.4 is 5.32 Å². The van der Waals surface area contributed by atoms with Crippen molar-refractivity contribution in [3.63, 3.8) is 0 Å². The normalized spacial score (nSPS) is 45.1. The summed E-state index contributed by atoms with van der Waals surface area (Å²) in [5.74, 6) is 1.49. The maximum atomic E-state index is 12.9. The van der Waals surface area contributed by atoms with E-state index in [1.807, 2.05) is 24.3 Å². The van der Waals surface area contributed by atoms with Gasteiger partial charge in [0.25, 0.3) is 0 Å². The highest BCUT2D eigenvalue weighted by Crippen LogP contribution is 2.58. The summed E-state index contributed by atoms with van der Waals surface area (Å²) >= 11 is 6.07. The van der Waals surface area contributed by atoms with Crippen LogP contribution in [0.15, 0.2) is 24.3 Å². The Bertz CT molecular complexity index is 705. The lowest BCUT2D eigenvalue weighted by molar-refractivity contribution is -0.160. The van der Waals surface area contributed by atoms with Gasteiger partial charge in [0, 0.05) is 17.6 Å². The average Bonchev–Trinajstić information content (AvgIpc) is 2.83. The number of aliphatic hydroxyl groups is 1. The SMILES string of the molecule is C[C@]1(c2ccc(Cl)cc2)CNC(=O)N1C1C2CC3CC1CC(O)(C3)C2. The van der Waals surface area contributed by atoms with E-state index in [0.717, 1.165) is 37.7 Å². The van der Waals surface area contributed by atoms with Crippen LogP contribution in [0.4, 0.5) is 4.79 Å². The number of carbonyl (C=O) groups is 1. The van der Waals surface area contributed by atoms with Gasteiger partial charge in [-0.2, -0.15) is 0 Å². The van der Waals surface area contributed by atoms with Gasteiger partial charge in [0.2, 0.25) is 0 Å². The summed E-state index contributed by atoms with van der Waals surface area (Å²) in [6, 6.07) is 8.17. The molecule has 3 atom stereocenters. The molecule has 1 heterocycles. The first-order chi connectivity index (χ1) is 11.9. The van der Waals surface area contributed by atoms with E-state index in [-0.39, 0.29) is 17.6 Å². The molecule has 5 aliphatic rings. The molecule has 25 heavy (non-hydrogen) atoms. The minimum atomic E-state index is -0.472. The van der Waals surface area contributed by atoms with Gasteiger partial charge < -0.3 is 15.3 Å². The molecule has 134 valence electrons. The number of hydrogen-bond donors (Lipinski definition) is 2. The van der Waals surface area contributed by atoms with Gasteiger partial charge in [0.1, 0.15) is 0 Å². The van der Waals surface area contributed by atoms with Crippen LogP contribution in [0.3, 0.4) is 0 Å². The minimum absolute atomic E-state index is 0.0434. The van der Waals surface area contributed by atoms with Gasteiger partial charge in [0.15, 0.2) is 0 Å². The quantitative estimate of drug-likeness (QED) is 0.847. The van der Waals surface area contributed by atoms with Crippen molar-refractivity contribution in [2.75, 3.05) is 6.54 Å². The van der Waals surface area contributed by atoms with E-state index in [4.69, 9.17) is 11.6 Å². The second-order valence-corrected chi connectivity index (χ2v) is 9.43. The summed E-state index contributed by atoms with van der Waals surface area (Å²) in [6.45, 7) is 2.78. The van der Waals surface area contributed by atoms with E-state index in [1.165, 1.54) is 0 Å². The smallest absolute Gasteiger partial charge is 0.318 e. The van der Waals surface area contributed by atoms with Crippen molar-refractivity contribution in [2.45, 2.75) is 56.2 Å². The van der Waals surface area contributed by atoms with Crippen LogP contribution in [-0.4, -0.2) is 34.2 Å². The van der Waals surface area contributed by atoms with E-state index in [2.05, 4.69) is 17.1 Å². The Balaban J connectivity index is 1.53. The molecule has 4 aliphatic carbocycles. The molecule has 1 aliphatic heterocycles. The largest absolute Gasteiger partial charge is 0.390 e. The second kappa shape index (κ2) is 5.14. The fraction of sp³-hybridized carbons (Fsp3) is 0.650. The van der Waals surface area contributed by atoms with Crippen LogP contribution in [0.5, 0.6) is 0 Å². The fourth-order valence-electron chi connectivity index (χ4n) is 6.53. The number of nitrogens with one attached hydrogen (secondary N) is 1. The van der Waals surface area contributed by atoms with E-state index in [1.54, 1.807) is 0 Å². The molecule has 1 aromatic carbocycles. The Morgan fingerprint density at radius 2 is 1.80 bits per heavy atom. The molecule has 2 N–H and O–H groups in total. The van der Waals surface area contributed by atoms with E-state index in [9.17, 15) is 9.90 Å². The Morgan fingerprint density at radius 3 is 2.40 bits per heavy atom. The van der Waals surface area contributed by atoms with Gasteiger partial charge in [-0.25, -0.2) is 4.79 Å². The number of hydrogen-bond acceptors (Lipinski definition) is 2. The summed E-state index contributed by atoms with van der Waals surface area (Å²) in [5, 5.41) is 14.7. The zero-order chi connectivity index (χ0) is 17.4. The lowest BCUT2D eigenvalue weighted by atomic mass is 9.51. The topological polar surface area (TPSA) is 52.6 Å². The zero-order valence-corrected chi connectivity index (χ0v) is 15.3. The average molecular weight is 361 g/mol. The number of benzene rings is 1. The zero-order valence-electron chi connectivity index (χ0n) is 14.5. The van der Waals surface area contributed by atoms with Crippen molar-refractivity contribution >= 4 is 17.6 Å². The first kappa shape index (κ1) is 16.0. The Morgan fingerprint density at radius 1 is 1.16 bits per heavy atom. The summed E-state index contributed by atoms with van der Waals surface area (Å²) in [6.07, 6.45) is 4.98. The second-order valence-electron chi connectivity index (χ2n) is 8.99. The Hall–Kier alpha value is -1.26. The highest BCUT2D eigenvalue weighted by molar-refractivity contribution is 6.30. The standard InChI is InChI=1S/C20H25ClN2O2/c1-19(15-2-4-16(21)5-3-15)11-22-18(24)23(19)17-13-6-12-7-14(17)10-20(25,8-12)9-13/h2-5,12-14,17,25H,6-11H2,1H3,(H,22,24)/t12?,13?,14?,17?,19-,20?/m1/s1. The summed E-state index contributed by atoms with van der Waals surface area (Å²) in [7, 11) is 0. The molecule has 0 radical (unpaired) electrons. The molecule has 2 unspecified atom stereocenters. The van der Waals surface area contributed by atoms with E-state index < -0.39 is 5.60 Å². The summed E-state index contributed by atoms with van der Waals surface area (Å²) in [5.41, 5.74) is 0.298. The van der Waals surface area contributed by atoms with Crippen LogP contribution in [0.25, 0.3) is 0 Å². The van der Waals surface area contributed by atoms with Gasteiger partial charge in [0.05, 0.1) is 11.1 Å². The maximum Gasteiger partial charge on any atom is 0.318 e. The maximum absolute atomic E-state index is 12.9. The van der Waals surface area contributed by atoms with Crippen molar-refractivity contribution in [3.05, 3.63) is 34.9 Å². The first-order valence-corrected chi connectivity index (χ1v) is 9.81. The highest BCUT2D eigenvalue weighted by Gasteiger charge is 2.60. The number of halogens is 1. The molecular weight excluding hydrogens is 336 g/mol. The van der Waals surface area contributed by atoms with E-state index >= 15 is 0 Å². The molecule has 5 heteroatoms. The molecule has 4 nitrogen and oxygen atoms in total. The van der Waals surface area contributed by atoms with Gasteiger partial charge in [-0.1, -0.05) is 23.7 Å². The minimum Gasteiger partial charge on any atom is -0.390 e. The van der Waals surface area contributed by atoms with Gasteiger partial charge in [-0.05, 0) is 74.5 Å². The molecule has 1 aromatic rings. The van der Waals surface area contributed by atoms with Crippen LogP contribution in [0.2, 0.25) is 5.02 Å². The predicted octanol–water partition coefficient (Wildman–Crippen LogP) is 3.52. The molecule has 6 rings (SSSR count). The van der Waals surface area contributed by atoms with Crippen molar-refractivity contribution < 1.29 is 9.90 Å². The van der Waals surface area contributed by atoms with Crippen LogP contribution in [0.1, 0.15) is 44.6 Å². The molecule has 4 saturated carbocycles. The molecule has 5 fully saturated rings. The molecule has 1 saturated heterocycles. The molecular formula is C20H25ClN2O2. The van der Waals surface area contributed by atoms with Crippen molar-refractivity contribution in [3.8, 4) is 0 Å². The number of carbonyl (C=O) groups excluding carboxylic acids is 1. The van der Waals surface area contributed by atoms with E-state index in [0.29, 0.717) is 29.3 Å². The Labute approximate surface area is 153 Å². The first-order valence-electron chi connectivity index (χ1n) is 9.44. The number of amides is 2. The monoisotopic (exact) mass is 360 g/mol. The van der Waals surface area contributed by atoms with Crippen LogP contribution in [0, 0.1) is 17.8 Å². The number of nitrogens with zero attached hydrogens (tertiary/aromatic N) is 1. The van der Waals surface area contributed by atoms with Crippen molar-refractivity contribution in [1.82, 2.24) is 10.2 Å². The lowest BCUT2D eigenvalue weighted by Gasteiger charge is -2.61. The third-order valence-corrected chi connectivity index (χ3v) is 7.54. The van der Waals surface area contributed by atoms with Gasteiger partial charge in [-0.3, -0.25) is 0 Å². The van der Waals surface area contributed by atoms with Crippen molar-refractivity contribution in [2.24, 2.45) is 17.8 Å². The van der Waals surface area contributed by atoms with Gasteiger partial charge >= 0.3 is 6.03 Å². The summed E-state index contributed by atoms with van der Waals surface area (Å²) < 4.78 is 0. The highest BCUT2D eigenvalue weighted by atomic mass is 35.5. The Kier molecular flexibility index (Phi) is 3.28. The number of rotatable bonds is 2. The van der Waals surface area contributed by atoms with Crippen LogP contribution in [-0.2, 0) is 5.54 Å². The molecule has 0 spiro atoms. The lowest BCUT2D eigenvalue weighted by Crippen LogP contribution is -2.64. The third kappa shape index (κ3) is 2.26. The van der Waals surface area contributed by atoms with Crippen LogP contribution >= 0.6 is 11.6 Å². The van der Waals surface area contributed by atoms with Gasteiger partial charge in [-0.15, -0.1) is 0 Å². The fourth-order valence-corrected chi connectivity index (χ4v) is 6.66. The number of urea groups is 1. The molecule has 0 aromatic heterocycles.